The number of furan rings is 1. The molecule has 0 bridgehead atoms. The van der Waals surface area contributed by atoms with Gasteiger partial charge in [0.05, 0.1) is 16.8 Å². The third-order valence-corrected chi connectivity index (χ3v) is 3.10. The number of fused-ring (bicyclic) bond motifs is 1. The summed E-state index contributed by atoms with van der Waals surface area (Å²) in [5, 5.41) is 0.658. The smallest absolute Gasteiger partial charge is 0.181 e. The molecule has 0 aliphatic heterocycles. The van der Waals surface area contributed by atoms with Gasteiger partial charge in [-0.05, 0) is 40.2 Å². The zero-order chi connectivity index (χ0) is 11.1. The molecule has 5 heteroatoms. The lowest BCUT2D eigenvalue weighted by atomic mass is 10.4. The average molecular weight is 298 g/mol. The highest BCUT2D eigenvalue weighted by atomic mass is 79.9. The molecule has 0 fully saturated rings. The van der Waals surface area contributed by atoms with Crippen molar-refractivity contribution in [2.45, 2.75) is 0 Å². The van der Waals surface area contributed by atoms with Crippen LogP contribution in [0.3, 0.4) is 0 Å². The van der Waals surface area contributed by atoms with Gasteiger partial charge in [0.15, 0.2) is 11.6 Å². The van der Waals surface area contributed by atoms with Crippen LogP contribution in [0.1, 0.15) is 0 Å². The number of nitrogens with zero attached hydrogens (tertiary/aromatic N) is 2. The molecule has 0 spiro atoms. The normalized spacial score (nSPS) is 11.1. The summed E-state index contributed by atoms with van der Waals surface area (Å²) in [6, 6.07) is 7.43. The second-order valence-electron chi connectivity index (χ2n) is 3.31. The second-order valence-corrected chi connectivity index (χ2v) is 4.49. The lowest BCUT2D eigenvalue weighted by molar-refractivity contribution is 0.577. The van der Waals surface area contributed by atoms with Crippen molar-refractivity contribution in [3.05, 3.63) is 46.4 Å². The highest BCUT2D eigenvalue weighted by molar-refractivity contribution is 9.10. The lowest BCUT2D eigenvalue weighted by Gasteiger charge is -1.98. The largest absolute Gasteiger partial charge is 0.461 e. The van der Waals surface area contributed by atoms with Crippen LogP contribution in [0.4, 0.5) is 0 Å². The van der Waals surface area contributed by atoms with E-state index in [0.29, 0.717) is 10.8 Å². The van der Waals surface area contributed by atoms with E-state index in [1.807, 2.05) is 34.9 Å². The SMILES string of the molecule is Clc1ccc2c(Br)nc(-c3ccco3)n2c1. The molecule has 0 unspecified atom stereocenters. The molecule has 3 aromatic heterocycles. The Hall–Kier alpha value is -1.26. The molecular formula is C11H6BrClN2O. The monoisotopic (exact) mass is 296 g/mol. The molecule has 16 heavy (non-hydrogen) atoms. The van der Waals surface area contributed by atoms with E-state index in [2.05, 4.69) is 20.9 Å². The fraction of sp³-hybridized carbons (Fsp3) is 0. The first-order chi connectivity index (χ1) is 7.75. The van der Waals surface area contributed by atoms with Gasteiger partial charge in [-0.3, -0.25) is 4.40 Å². The maximum Gasteiger partial charge on any atom is 0.181 e. The van der Waals surface area contributed by atoms with Crippen molar-refractivity contribution in [3.8, 4) is 11.6 Å². The Morgan fingerprint density at radius 3 is 2.94 bits per heavy atom. The molecule has 0 amide bonds. The second kappa shape index (κ2) is 3.64. The minimum atomic E-state index is 0.658. The van der Waals surface area contributed by atoms with Gasteiger partial charge in [0.1, 0.15) is 4.60 Å². The number of hydrogen-bond donors (Lipinski definition) is 0. The predicted octanol–water partition coefficient (Wildman–Crippen LogP) is 4.01. The Bertz CT molecular complexity index is 645. The molecule has 0 atom stereocenters. The molecule has 3 nitrogen and oxygen atoms in total. The first-order valence-corrected chi connectivity index (χ1v) is 5.80. The molecule has 3 heterocycles. The molecule has 0 aliphatic carbocycles. The zero-order valence-corrected chi connectivity index (χ0v) is 10.4. The molecular weight excluding hydrogens is 291 g/mol. The van der Waals surface area contributed by atoms with Crippen molar-refractivity contribution in [3.63, 3.8) is 0 Å². The maximum atomic E-state index is 5.97. The maximum absolute atomic E-state index is 5.97. The van der Waals surface area contributed by atoms with Crippen LogP contribution in [0.5, 0.6) is 0 Å². The molecule has 0 aromatic carbocycles. The lowest BCUT2D eigenvalue weighted by Crippen LogP contribution is -1.87. The summed E-state index contributed by atoms with van der Waals surface area (Å²) in [6.07, 6.45) is 3.43. The molecule has 0 radical (unpaired) electrons. The Labute approximate surface area is 105 Å². The molecule has 0 saturated carbocycles. The first-order valence-electron chi connectivity index (χ1n) is 4.63. The Morgan fingerprint density at radius 1 is 1.31 bits per heavy atom. The number of pyridine rings is 1. The molecule has 3 rings (SSSR count). The fourth-order valence-electron chi connectivity index (χ4n) is 1.60. The molecule has 0 saturated heterocycles. The third kappa shape index (κ3) is 1.45. The molecule has 3 aromatic rings. The number of hydrogen-bond acceptors (Lipinski definition) is 2. The Kier molecular flexibility index (Phi) is 2.26. The number of aromatic nitrogens is 2. The van der Waals surface area contributed by atoms with Crippen LogP contribution < -0.4 is 0 Å². The van der Waals surface area contributed by atoms with E-state index >= 15 is 0 Å². The summed E-state index contributed by atoms with van der Waals surface area (Å²) < 4.78 is 8.00. The van der Waals surface area contributed by atoms with Gasteiger partial charge in [0.2, 0.25) is 0 Å². The van der Waals surface area contributed by atoms with Crippen molar-refractivity contribution < 1.29 is 4.42 Å². The summed E-state index contributed by atoms with van der Waals surface area (Å²) >= 11 is 9.38. The van der Waals surface area contributed by atoms with Crippen LogP contribution in [0.15, 0.2) is 45.7 Å². The summed E-state index contributed by atoms with van der Waals surface area (Å²) in [6.45, 7) is 0. The van der Waals surface area contributed by atoms with Crippen LogP contribution in [0.25, 0.3) is 17.1 Å². The van der Waals surface area contributed by atoms with Crippen molar-refractivity contribution >= 4 is 33.0 Å². The number of rotatable bonds is 1. The van der Waals surface area contributed by atoms with E-state index in [0.717, 1.165) is 15.9 Å². The van der Waals surface area contributed by atoms with Crippen LogP contribution in [0, 0.1) is 0 Å². The van der Waals surface area contributed by atoms with Gasteiger partial charge < -0.3 is 4.42 Å². The van der Waals surface area contributed by atoms with Crippen LogP contribution >= 0.6 is 27.5 Å². The summed E-state index contributed by atoms with van der Waals surface area (Å²) in [7, 11) is 0. The number of imidazole rings is 1. The van der Waals surface area contributed by atoms with E-state index in [-0.39, 0.29) is 0 Å². The van der Waals surface area contributed by atoms with Gasteiger partial charge in [-0.2, -0.15) is 0 Å². The van der Waals surface area contributed by atoms with Crippen LogP contribution in [-0.2, 0) is 0 Å². The van der Waals surface area contributed by atoms with E-state index in [9.17, 15) is 0 Å². The minimum Gasteiger partial charge on any atom is -0.461 e. The zero-order valence-electron chi connectivity index (χ0n) is 8.02. The summed E-state index contributed by atoms with van der Waals surface area (Å²) in [5.74, 6) is 1.44. The van der Waals surface area contributed by atoms with E-state index < -0.39 is 0 Å². The van der Waals surface area contributed by atoms with E-state index in [4.69, 9.17) is 16.0 Å². The average Bonchev–Trinajstić information content (AvgIpc) is 2.86. The van der Waals surface area contributed by atoms with Crippen molar-refractivity contribution in [2.75, 3.05) is 0 Å². The Balaban J connectivity index is 2.37. The standard InChI is InChI=1S/C11H6BrClN2O/c12-10-8-4-3-7(13)6-15(8)11(14-10)9-2-1-5-16-9/h1-6H. The van der Waals surface area contributed by atoms with Gasteiger partial charge in [-0.25, -0.2) is 4.98 Å². The quantitative estimate of drug-likeness (QED) is 0.679. The fourth-order valence-corrected chi connectivity index (χ4v) is 2.25. The minimum absolute atomic E-state index is 0.658. The van der Waals surface area contributed by atoms with E-state index in [1.165, 1.54) is 0 Å². The van der Waals surface area contributed by atoms with Crippen molar-refractivity contribution in [1.29, 1.82) is 0 Å². The number of halogens is 2. The van der Waals surface area contributed by atoms with E-state index in [1.54, 1.807) is 6.26 Å². The van der Waals surface area contributed by atoms with Gasteiger partial charge in [-0.1, -0.05) is 11.6 Å². The summed E-state index contributed by atoms with van der Waals surface area (Å²) in [5.41, 5.74) is 0.954. The van der Waals surface area contributed by atoms with Crippen molar-refractivity contribution in [2.24, 2.45) is 0 Å². The van der Waals surface area contributed by atoms with Crippen LogP contribution in [0.2, 0.25) is 5.02 Å². The van der Waals surface area contributed by atoms with Crippen molar-refractivity contribution in [1.82, 2.24) is 9.38 Å². The first kappa shape index (κ1) is 9.93. The van der Waals surface area contributed by atoms with Gasteiger partial charge in [0.25, 0.3) is 0 Å². The third-order valence-electron chi connectivity index (χ3n) is 2.30. The molecule has 0 aliphatic rings. The van der Waals surface area contributed by atoms with Gasteiger partial charge in [0, 0.05) is 6.20 Å². The van der Waals surface area contributed by atoms with Gasteiger partial charge >= 0.3 is 0 Å². The van der Waals surface area contributed by atoms with Gasteiger partial charge in [-0.15, -0.1) is 0 Å². The topological polar surface area (TPSA) is 30.4 Å². The molecule has 0 N–H and O–H groups in total. The molecule has 80 valence electrons. The Morgan fingerprint density at radius 2 is 2.19 bits per heavy atom. The summed E-state index contributed by atoms with van der Waals surface area (Å²) in [4.78, 5) is 4.40. The highest BCUT2D eigenvalue weighted by Gasteiger charge is 2.12. The predicted molar refractivity (Wildman–Crippen MR) is 65.6 cm³/mol. The van der Waals surface area contributed by atoms with Crippen LogP contribution in [-0.4, -0.2) is 9.38 Å². The highest BCUT2D eigenvalue weighted by Crippen LogP contribution is 2.27.